The average Bonchev–Trinajstić information content (AvgIpc) is 3.10. The maximum atomic E-state index is 13.1. The standard InChI is InChI=1S/C22H25ClN4O4S/c1-6-26(7-2)17(28)10-27-11-24-21-18(22(27)30)13(4)19(32-21)20(29)25-15-8-12(3)14(23)9-16(15)31-5/h8-9,11H,6-7,10H2,1-5H3,(H,25,29). The number of nitrogens with one attached hydrogen (secondary N) is 1. The minimum Gasteiger partial charge on any atom is -0.495 e. The van der Waals surface area contributed by atoms with Gasteiger partial charge in [-0.2, -0.15) is 0 Å². The maximum absolute atomic E-state index is 13.1. The number of ether oxygens (including phenoxy) is 1. The molecule has 170 valence electrons. The van der Waals surface area contributed by atoms with Crippen LogP contribution >= 0.6 is 22.9 Å². The zero-order chi connectivity index (χ0) is 23.6. The van der Waals surface area contributed by atoms with Crippen molar-refractivity contribution in [1.29, 1.82) is 0 Å². The summed E-state index contributed by atoms with van der Waals surface area (Å²) in [6, 6.07) is 3.36. The van der Waals surface area contributed by atoms with Crippen molar-refractivity contribution in [3.05, 3.63) is 49.8 Å². The maximum Gasteiger partial charge on any atom is 0.266 e. The Balaban J connectivity index is 1.96. The monoisotopic (exact) mass is 476 g/mol. The lowest BCUT2D eigenvalue weighted by Crippen LogP contribution is -2.36. The first kappa shape index (κ1) is 23.7. The van der Waals surface area contributed by atoms with Crippen molar-refractivity contribution in [2.45, 2.75) is 34.2 Å². The van der Waals surface area contributed by atoms with E-state index < -0.39 is 0 Å². The zero-order valence-corrected chi connectivity index (χ0v) is 20.2. The number of thiophene rings is 1. The number of carbonyl (C=O) groups excluding carboxylic acids is 2. The number of carbonyl (C=O) groups is 2. The van der Waals surface area contributed by atoms with Crippen LogP contribution in [0.4, 0.5) is 5.69 Å². The first-order valence-electron chi connectivity index (χ1n) is 10.1. The number of aromatic nitrogens is 2. The molecule has 1 N–H and O–H groups in total. The summed E-state index contributed by atoms with van der Waals surface area (Å²) in [6.07, 6.45) is 1.36. The largest absolute Gasteiger partial charge is 0.495 e. The molecule has 0 aliphatic carbocycles. The van der Waals surface area contributed by atoms with Crippen LogP contribution in [0.2, 0.25) is 5.02 Å². The lowest BCUT2D eigenvalue weighted by Gasteiger charge is -2.18. The third kappa shape index (κ3) is 4.49. The van der Waals surface area contributed by atoms with E-state index >= 15 is 0 Å². The second kappa shape index (κ2) is 9.70. The van der Waals surface area contributed by atoms with Gasteiger partial charge in [-0.25, -0.2) is 4.98 Å². The number of nitrogens with zero attached hydrogens (tertiary/aromatic N) is 3. The number of benzene rings is 1. The van der Waals surface area contributed by atoms with Gasteiger partial charge >= 0.3 is 0 Å². The Kier molecular flexibility index (Phi) is 7.20. The summed E-state index contributed by atoms with van der Waals surface area (Å²) >= 11 is 7.27. The number of fused-ring (bicyclic) bond motifs is 1. The number of hydrogen-bond donors (Lipinski definition) is 1. The second-order valence-corrected chi connectivity index (χ2v) is 8.64. The fourth-order valence-electron chi connectivity index (χ4n) is 3.42. The van der Waals surface area contributed by atoms with Gasteiger partial charge in [-0.1, -0.05) is 11.6 Å². The summed E-state index contributed by atoms with van der Waals surface area (Å²) < 4.78 is 6.61. The molecule has 2 amide bonds. The molecule has 10 heteroatoms. The highest BCUT2D eigenvalue weighted by atomic mass is 35.5. The predicted molar refractivity (Wildman–Crippen MR) is 127 cm³/mol. The van der Waals surface area contributed by atoms with Gasteiger partial charge in [0.05, 0.1) is 29.4 Å². The van der Waals surface area contributed by atoms with E-state index in [-0.39, 0.29) is 23.9 Å². The van der Waals surface area contributed by atoms with E-state index in [9.17, 15) is 14.4 Å². The lowest BCUT2D eigenvalue weighted by molar-refractivity contribution is -0.131. The average molecular weight is 477 g/mol. The Morgan fingerprint density at radius 3 is 2.56 bits per heavy atom. The number of aryl methyl sites for hydroxylation is 2. The van der Waals surface area contributed by atoms with Crippen LogP contribution in [-0.4, -0.2) is 46.5 Å². The van der Waals surface area contributed by atoms with E-state index in [1.807, 2.05) is 20.8 Å². The van der Waals surface area contributed by atoms with Crippen LogP contribution in [0.3, 0.4) is 0 Å². The quantitative estimate of drug-likeness (QED) is 0.559. The molecule has 2 heterocycles. The molecule has 3 aromatic rings. The topological polar surface area (TPSA) is 93.5 Å². The normalized spacial score (nSPS) is 10.9. The van der Waals surface area contributed by atoms with Crippen molar-refractivity contribution in [1.82, 2.24) is 14.5 Å². The molecule has 0 radical (unpaired) electrons. The minimum absolute atomic E-state index is 0.0957. The van der Waals surface area contributed by atoms with Crippen LogP contribution in [0.5, 0.6) is 5.75 Å². The van der Waals surface area contributed by atoms with E-state index in [0.29, 0.717) is 50.2 Å². The fourth-order valence-corrected chi connectivity index (χ4v) is 4.61. The number of hydrogen-bond acceptors (Lipinski definition) is 6. The minimum atomic E-state index is -0.379. The van der Waals surface area contributed by atoms with Gasteiger partial charge < -0.3 is 15.0 Å². The Morgan fingerprint density at radius 1 is 1.25 bits per heavy atom. The zero-order valence-electron chi connectivity index (χ0n) is 18.6. The first-order chi connectivity index (χ1) is 15.2. The lowest BCUT2D eigenvalue weighted by atomic mass is 10.2. The van der Waals surface area contributed by atoms with Crippen molar-refractivity contribution in [2.75, 3.05) is 25.5 Å². The molecule has 0 saturated heterocycles. The van der Waals surface area contributed by atoms with Crippen LogP contribution in [-0.2, 0) is 11.3 Å². The molecule has 0 fully saturated rings. The third-order valence-electron chi connectivity index (χ3n) is 5.27. The molecular weight excluding hydrogens is 452 g/mol. The molecule has 1 aromatic carbocycles. The van der Waals surface area contributed by atoms with Crippen LogP contribution in [0, 0.1) is 13.8 Å². The van der Waals surface area contributed by atoms with E-state index in [1.54, 1.807) is 24.0 Å². The van der Waals surface area contributed by atoms with Crippen LogP contribution < -0.4 is 15.6 Å². The van der Waals surface area contributed by atoms with Gasteiger partial charge in [-0.15, -0.1) is 11.3 Å². The predicted octanol–water partition coefficient (Wildman–Crippen LogP) is 3.86. The molecule has 3 rings (SSSR count). The SMILES string of the molecule is CCN(CC)C(=O)Cn1cnc2sc(C(=O)Nc3cc(C)c(Cl)cc3OC)c(C)c2c1=O. The molecule has 0 saturated carbocycles. The van der Waals surface area contributed by atoms with Gasteiger partial charge in [-0.05, 0) is 44.9 Å². The van der Waals surface area contributed by atoms with Crippen molar-refractivity contribution in [3.8, 4) is 5.75 Å². The Hall–Kier alpha value is -2.91. The highest BCUT2D eigenvalue weighted by Gasteiger charge is 2.22. The Labute approximate surface area is 194 Å². The Bertz CT molecular complexity index is 1250. The number of amides is 2. The van der Waals surface area contributed by atoms with Gasteiger partial charge in [0.15, 0.2) is 0 Å². The van der Waals surface area contributed by atoms with Crippen LogP contribution in [0.25, 0.3) is 10.2 Å². The number of likely N-dealkylation sites (N-methyl/N-ethyl adjacent to an activating group) is 1. The summed E-state index contributed by atoms with van der Waals surface area (Å²) in [6.45, 7) is 8.34. The molecule has 0 spiro atoms. The summed E-state index contributed by atoms with van der Waals surface area (Å²) in [7, 11) is 1.49. The first-order valence-corrected chi connectivity index (χ1v) is 11.3. The van der Waals surface area contributed by atoms with Crippen LogP contribution in [0.1, 0.15) is 34.6 Å². The van der Waals surface area contributed by atoms with Gasteiger partial charge in [0.2, 0.25) is 5.91 Å². The van der Waals surface area contributed by atoms with E-state index in [0.717, 1.165) is 16.9 Å². The summed E-state index contributed by atoms with van der Waals surface area (Å²) in [5.74, 6) is -0.104. The van der Waals surface area contributed by atoms with Gasteiger partial charge in [0.25, 0.3) is 11.5 Å². The molecule has 0 bridgehead atoms. The van der Waals surface area contributed by atoms with Crippen molar-refractivity contribution < 1.29 is 14.3 Å². The molecule has 0 unspecified atom stereocenters. The third-order valence-corrected chi connectivity index (χ3v) is 6.88. The van der Waals surface area contributed by atoms with E-state index in [1.165, 1.54) is 18.0 Å². The number of rotatable bonds is 7. The molecule has 0 atom stereocenters. The van der Waals surface area contributed by atoms with Gasteiger partial charge in [0.1, 0.15) is 17.1 Å². The van der Waals surface area contributed by atoms with E-state index in [4.69, 9.17) is 16.3 Å². The highest BCUT2D eigenvalue weighted by Crippen LogP contribution is 2.33. The summed E-state index contributed by atoms with van der Waals surface area (Å²) in [5.41, 5.74) is 1.45. The van der Waals surface area contributed by atoms with Crippen molar-refractivity contribution in [2.24, 2.45) is 0 Å². The van der Waals surface area contributed by atoms with Crippen molar-refractivity contribution >= 4 is 50.7 Å². The van der Waals surface area contributed by atoms with E-state index in [2.05, 4.69) is 10.3 Å². The van der Waals surface area contributed by atoms with Crippen LogP contribution in [0.15, 0.2) is 23.3 Å². The summed E-state index contributed by atoms with van der Waals surface area (Å²) in [4.78, 5) is 45.3. The second-order valence-electron chi connectivity index (χ2n) is 7.24. The smallest absolute Gasteiger partial charge is 0.266 e. The fraction of sp³-hybridized carbons (Fsp3) is 0.364. The number of methoxy groups -OCH3 is 1. The number of anilines is 1. The highest BCUT2D eigenvalue weighted by molar-refractivity contribution is 7.20. The van der Waals surface area contributed by atoms with Gasteiger partial charge in [0, 0.05) is 24.2 Å². The molecule has 32 heavy (non-hydrogen) atoms. The van der Waals surface area contributed by atoms with Gasteiger partial charge in [-0.3, -0.25) is 19.0 Å². The van der Waals surface area contributed by atoms with Crippen molar-refractivity contribution in [3.63, 3.8) is 0 Å². The Morgan fingerprint density at radius 2 is 1.94 bits per heavy atom. The number of halogens is 1. The summed E-state index contributed by atoms with van der Waals surface area (Å²) in [5, 5.41) is 3.71. The molecule has 0 aliphatic heterocycles. The molecule has 2 aromatic heterocycles. The molecular formula is C22H25ClN4O4S. The molecule has 8 nitrogen and oxygen atoms in total. The molecule has 0 aliphatic rings.